The van der Waals surface area contributed by atoms with Crippen LogP contribution in [0.5, 0.6) is 0 Å². The summed E-state index contributed by atoms with van der Waals surface area (Å²) in [5.74, 6) is 1.17. The van der Waals surface area contributed by atoms with Crippen LogP contribution < -0.4 is 0 Å². The Labute approximate surface area is 162 Å². The number of Topliss-reactive ketones (excluding diaryl/α,β-unsaturated/α-hetero) is 1. The first-order valence-corrected chi connectivity index (χ1v) is 11.1. The fourth-order valence-corrected chi connectivity index (χ4v) is 4.05. The van der Waals surface area contributed by atoms with Crippen molar-refractivity contribution >= 4 is 15.6 Å². The van der Waals surface area contributed by atoms with Crippen LogP contribution >= 0.6 is 0 Å². The van der Waals surface area contributed by atoms with Crippen molar-refractivity contribution in [2.24, 2.45) is 5.92 Å². The predicted octanol–water partition coefficient (Wildman–Crippen LogP) is 4.39. The van der Waals surface area contributed by atoms with E-state index in [2.05, 4.69) is 4.98 Å². The SMILES string of the molecule is Cc1cc(-c2ncco2)ccc1CC(=O)CCC(C)CCS(=O)(=O)C(C)C. The third-order valence-electron chi connectivity index (χ3n) is 4.94. The molecule has 0 saturated heterocycles. The highest BCUT2D eigenvalue weighted by Gasteiger charge is 2.18. The Morgan fingerprint density at radius 1 is 1.19 bits per heavy atom. The lowest BCUT2D eigenvalue weighted by Gasteiger charge is -2.13. The van der Waals surface area contributed by atoms with Crippen LogP contribution in [0.1, 0.15) is 51.2 Å². The van der Waals surface area contributed by atoms with Gasteiger partial charge >= 0.3 is 0 Å². The summed E-state index contributed by atoms with van der Waals surface area (Å²) >= 11 is 0. The molecule has 0 saturated carbocycles. The van der Waals surface area contributed by atoms with Crippen molar-refractivity contribution in [3.63, 3.8) is 0 Å². The van der Waals surface area contributed by atoms with E-state index in [-0.39, 0.29) is 22.7 Å². The van der Waals surface area contributed by atoms with Gasteiger partial charge in [0.2, 0.25) is 5.89 Å². The van der Waals surface area contributed by atoms with E-state index in [4.69, 9.17) is 4.42 Å². The van der Waals surface area contributed by atoms with Crippen LogP contribution in [0.2, 0.25) is 0 Å². The van der Waals surface area contributed by atoms with Crippen LogP contribution in [0.3, 0.4) is 0 Å². The van der Waals surface area contributed by atoms with Crippen LogP contribution in [-0.2, 0) is 21.1 Å². The number of oxazole rings is 1. The highest BCUT2D eigenvalue weighted by atomic mass is 32.2. The highest BCUT2D eigenvalue weighted by Crippen LogP contribution is 2.22. The van der Waals surface area contributed by atoms with Crippen molar-refractivity contribution in [1.82, 2.24) is 4.98 Å². The van der Waals surface area contributed by atoms with Gasteiger partial charge < -0.3 is 4.42 Å². The van der Waals surface area contributed by atoms with Gasteiger partial charge in [-0.1, -0.05) is 13.0 Å². The summed E-state index contributed by atoms with van der Waals surface area (Å²) < 4.78 is 29.1. The molecule has 0 amide bonds. The minimum absolute atomic E-state index is 0.181. The van der Waals surface area contributed by atoms with Crippen molar-refractivity contribution in [2.45, 2.75) is 58.6 Å². The van der Waals surface area contributed by atoms with Crippen molar-refractivity contribution in [3.8, 4) is 11.5 Å². The first-order chi connectivity index (χ1) is 12.7. The van der Waals surface area contributed by atoms with E-state index >= 15 is 0 Å². The minimum atomic E-state index is -3.01. The number of sulfone groups is 1. The van der Waals surface area contributed by atoms with Crippen molar-refractivity contribution in [3.05, 3.63) is 41.8 Å². The maximum absolute atomic E-state index is 12.3. The Morgan fingerprint density at radius 2 is 1.93 bits per heavy atom. The molecule has 148 valence electrons. The van der Waals surface area contributed by atoms with Gasteiger partial charge in [-0.15, -0.1) is 0 Å². The molecule has 0 aliphatic heterocycles. The molecule has 0 aliphatic rings. The zero-order valence-corrected chi connectivity index (χ0v) is 17.4. The second-order valence-corrected chi connectivity index (χ2v) is 10.2. The monoisotopic (exact) mass is 391 g/mol. The third kappa shape index (κ3) is 6.31. The highest BCUT2D eigenvalue weighted by molar-refractivity contribution is 7.91. The molecule has 0 spiro atoms. The standard InChI is InChI=1S/C21H29NO4S/c1-15(2)27(24,25)12-9-16(3)5-8-20(23)14-18-6-7-19(13-17(18)4)21-22-10-11-26-21/h6-7,10-11,13,15-16H,5,8-9,12,14H2,1-4H3. The predicted molar refractivity (Wildman–Crippen MR) is 107 cm³/mol. The molecule has 1 aromatic carbocycles. The number of aromatic nitrogens is 1. The number of hydrogen-bond donors (Lipinski definition) is 0. The van der Waals surface area contributed by atoms with Crippen LogP contribution in [0.25, 0.3) is 11.5 Å². The molecule has 0 bridgehead atoms. The largest absolute Gasteiger partial charge is 0.445 e. The summed E-state index contributed by atoms with van der Waals surface area (Å²) in [6.45, 7) is 7.41. The number of benzene rings is 1. The van der Waals surface area contributed by atoms with E-state index in [1.807, 2.05) is 32.0 Å². The number of nitrogens with zero attached hydrogens (tertiary/aromatic N) is 1. The van der Waals surface area contributed by atoms with Crippen molar-refractivity contribution < 1.29 is 17.6 Å². The lowest BCUT2D eigenvalue weighted by atomic mass is 9.96. The summed E-state index contributed by atoms with van der Waals surface area (Å²) in [5, 5.41) is -0.339. The Hall–Kier alpha value is -1.95. The van der Waals surface area contributed by atoms with E-state index < -0.39 is 9.84 Å². The normalized spacial score (nSPS) is 13.1. The zero-order valence-electron chi connectivity index (χ0n) is 16.6. The molecule has 1 unspecified atom stereocenters. The number of ketones is 1. The van der Waals surface area contributed by atoms with E-state index in [0.717, 1.165) is 23.1 Å². The Kier molecular flexibility index (Phi) is 7.36. The molecular weight excluding hydrogens is 362 g/mol. The molecule has 2 rings (SSSR count). The Morgan fingerprint density at radius 3 is 2.52 bits per heavy atom. The lowest BCUT2D eigenvalue weighted by molar-refractivity contribution is -0.118. The first-order valence-electron chi connectivity index (χ1n) is 9.41. The van der Waals surface area contributed by atoms with Crippen LogP contribution in [0.4, 0.5) is 0 Å². The summed E-state index contributed by atoms with van der Waals surface area (Å²) in [5.41, 5.74) is 2.94. The van der Waals surface area contributed by atoms with Crippen molar-refractivity contribution in [2.75, 3.05) is 5.75 Å². The summed E-state index contributed by atoms with van der Waals surface area (Å²) in [6.07, 6.45) is 5.35. The minimum Gasteiger partial charge on any atom is -0.445 e. The van der Waals surface area contributed by atoms with Gasteiger partial charge in [-0.2, -0.15) is 0 Å². The van der Waals surface area contributed by atoms with Gasteiger partial charge in [0.15, 0.2) is 9.84 Å². The Bertz CT molecular complexity index is 854. The van der Waals surface area contributed by atoms with Gasteiger partial charge in [0, 0.05) is 18.4 Å². The zero-order chi connectivity index (χ0) is 20.0. The van der Waals surface area contributed by atoms with Gasteiger partial charge in [-0.3, -0.25) is 4.79 Å². The van der Waals surface area contributed by atoms with E-state index in [0.29, 0.717) is 25.2 Å². The fourth-order valence-electron chi connectivity index (χ4n) is 2.85. The molecule has 1 heterocycles. The molecule has 1 aromatic heterocycles. The number of aryl methyl sites for hydroxylation is 1. The second kappa shape index (κ2) is 9.31. The Balaban J connectivity index is 1.83. The van der Waals surface area contributed by atoms with Crippen molar-refractivity contribution in [1.29, 1.82) is 0 Å². The molecule has 0 radical (unpaired) electrons. The smallest absolute Gasteiger partial charge is 0.225 e. The molecular formula is C21H29NO4S. The maximum atomic E-state index is 12.3. The molecule has 0 fully saturated rings. The molecule has 2 aromatic rings. The summed E-state index contributed by atoms with van der Waals surface area (Å²) in [4.78, 5) is 16.5. The van der Waals surface area contributed by atoms with Crippen LogP contribution in [-0.4, -0.2) is 30.2 Å². The topological polar surface area (TPSA) is 77.2 Å². The van der Waals surface area contributed by atoms with Gasteiger partial charge in [0.1, 0.15) is 12.0 Å². The van der Waals surface area contributed by atoms with Gasteiger partial charge in [-0.25, -0.2) is 13.4 Å². The maximum Gasteiger partial charge on any atom is 0.225 e. The molecule has 5 nitrogen and oxygen atoms in total. The number of carbonyl (C=O) groups excluding carboxylic acids is 1. The molecule has 6 heteroatoms. The lowest BCUT2D eigenvalue weighted by Crippen LogP contribution is -2.19. The van der Waals surface area contributed by atoms with E-state index in [9.17, 15) is 13.2 Å². The van der Waals surface area contributed by atoms with E-state index in [1.165, 1.54) is 6.26 Å². The molecule has 27 heavy (non-hydrogen) atoms. The second-order valence-electron chi connectivity index (χ2n) is 7.54. The van der Waals surface area contributed by atoms with Gasteiger partial charge in [-0.05, 0) is 62.8 Å². The van der Waals surface area contributed by atoms with Gasteiger partial charge in [0.05, 0.1) is 17.2 Å². The van der Waals surface area contributed by atoms with Crippen LogP contribution in [0, 0.1) is 12.8 Å². The fraction of sp³-hybridized carbons (Fsp3) is 0.524. The average Bonchev–Trinajstić information content (AvgIpc) is 3.14. The van der Waals surface area contributed by atoms with Crippen LogP contribution in [0.15, 0.2) is 35.1 Å². The van der Waals surface area contributed by atoms with E-state index in [1.54, 1.807) is 20.0 Å². The molecule has 1 atom stereocenters. The summed E-state index contributed by atoms with van der Waals surface area (Å²) in [7, 11) is -3.01. The molecule has 0 aliphatic carbocycles. The third-order valence-corrected chi connectivity index (χ3v) is 7.18. The first kappa shape index (κ1) is 21.4. The molecule has 0 N–H and O–H groups in total. The summed E-state index contributed by atoms with van der Waals surface area (Å²) in [6, 6.07) is 5.85. The average molecular weight is 392 g/mol. The quantitative estimate of drug-likeness (QED) is 0.600. The number of hydrogen-bond acceptors (Lipinski definition) is 5. The number of rotatable bonds is 10. The van der Waals surface area contributed by atoms with Gasteiger partial charge in [0.25, 0.3) is 0 Å². The number of carbonyl (C=O) groups is 1.